The van der Waals surface area contributed by atoms with Crippen molar-refractivity contribution in [1.82, 2.24) is 9.21 Å². The van der Waals surface area contributed by atoms with Gasteiger partial charge in [-0.05, 0) is 49.3 Å². The van der Waals surface area contributed by atoms with Crippen molar-refractivity contribution in [2.75, 3.05) is 0 Å². The van der Waals surface area contributed by atoms with Gasteiger partial charge in [-0.3, -0.25) is 14.5 Å². The van der Waals surface area contributed by atoms with Crippen LogP contribution < -0.4 is 0 Å². The van der Waals surface area contributed by atoms with E-state index in [2.05, 4.69) is 13.8 Å². The fourth-order valence-corrected chi connectivity index (χ4v) is 6.75. The number of carbonyl (C=O) groups is 2. The van der Waals surface area contributed by atoms with E-state index in [0.29, 0.717) is 23.7 Å². The third-order valence-corrected chi connectivity index (χ3v) is 8.24. The first-order valence-corrected chi connectivity index (χ1v) is 11.2. The smallest absolute Gasteiger partial charge is 0.243 e. The Morgan fingerprint density at radius 1 is 0.889 bits per heavy atom. The van der Waals surface area contributed by atoms with Crippen molar-refractivity contribution in [2.24, 2.45) is 0 Å². The number of fused-ring (bicyclic) bond motifs is 2. The number of imide groups is 1. The molecule has 3 aliphatic heterocycles. The third kappa shape index (κ3) is 3.10. The Labute approximate surface area is 160 Å². The molecule has 0 saturated carbocycles. The molecular formula is C20H26N2O4S. The molecule has 0 N–H and O–H groups in total. The molecule has 2 atom stereocenters. The van der Waals surface area contributed by atoms with E-state index in [1.54, 1.807) is 16.4 Å². The van der Waals surface area contributed by atoms with Gasteiger partial charge in [-0.15, -0.1) is 0 Å². The maximum absolute atomic E-state index is 13.3. The largest absolute Gasteiger partial charge is 0.279 e. The molecule has 146 valence electrons. The van der Waals surface area contributed by atoms with Gasteiger partial charge in [-0.2, -0.15) is 4.31 Å². The molecule has 0 aromatic heterocycles. The lowest BCUT2D eigenvalue weighted by Crippen LogP contribution is -2.53. The lowest BCUT2D eigenvalue weighted by molar-refractivity contribution is -0.142. The molecular weight excluding hydrogens is 364 g/mol. The van der Waals surface area contributed by atoms with Crippen molar-refractivity contribution in [3.8, 4) is 0 Å². The number of benzene rings is 1. The van der Waals surface area contributed by atoms with E-state index in [-0.39, 0.29) is 42.8 Å². The summed E-state index contributed by atoms with van der Waals surface area (Å²) >= 11 is 0. The fraction of sp³-hybridized carbons (Fsp3) is 0.600. The number of rotatable bonds is 4. The van der Waals surface area contributed by atoms with E-state index >= 15 is 0 Å². The summed E-state index contributed by atoms with van der Waals surface area (Å²) in [5.41, 5.74) is 1.11. The van der Waals surface area contributed by atoms with E-state index in [1.165, 1.54) is 4.90 Å². The molecule has 0 aliphatic carbocycles. The lowest BCUT2D eigenvalue weighted by atomic mass is 9.98. The Morgan fingerprint density at radius 3 is 1.89 bits per heavy atom. The quantitative estimate of drug-likeness (QED) is 0.741. The molecule has 3 heterocycles. The molecule has 2 unspecified atom stereocenters. The standard InChI is InChI=1S/C20H26N2O4S/c1-13(2)14-3-7-18(8-4-14)27(25,26)22-15-5-6-16(22)12-17(11-15)21-19(23)9-10-20(21)24/h3-4,7-8,13,15-17H,5-6,9-12H2,1-2H3. The van der Waals surface area contributed by atoms with Gasteiger partial charge in [0.25, 0.3) is 0 Å². The maximum atomic E-state index is 13.3. The molecule has 0 spiro atoms. The molecule has 7 heteroatoms. The highest BCUT2D eigenvalue weighted by Gasteiger charge is 2.50. The zero-order chi connectivity index (χ0) is 19.3. The highest BCUT2D eigenvalue weighted by atomic mass is 32.2. The van der Waals surface area contributed by atoms with Crippen LogP contribution in [0.15, 0.2) is 29.2 Å². The second-order valence-electron chi connectivity index (χ2n) is 8.23. The van der Waals surface area contributed by atoms with Gasteiger partial charge in [0, 0.05) is 31.0 Å². The van der Waals surface area contributed by atoms with Crippen LogP contribution in [-0.2, 0) is 19.6 Å². The summed E-state index contributed by atoms with van der Waals surface area (Å²) in [7, 11) is -3.57. The van der Waals surface area contributed by atoms with Gasteiger partial charge in [0.2, 0.25) is 21.8 Å². The zero-order valence-corrected chi connectivity index (χ0v) is 16.6. The highest BCUT2D eigenvalue weighted by molar-refractivity contribution is 7.89. The van der Waals surface area contributed by atoms with Crippen LogP contribution in [0.5, 0.6) is 0 Å². The number of sulfonamides is 1. The van der Waals surface area contributed by atoms with Gasteiger partial charge < -0.3 is 0 Å². The van der Waals surface area contributed by atoms with E-state index in [9.17, 15) is 18.0 Å². The minimum Gasteiger partial charge on any atom is -0.279 e. The zero-order valence-electron chi connectivity index (χ0n) is 15.8. The molecule has 6 nitrogen and oxygen atoms in total. The summed E-state index contributed by atoms with van der Waals surface area (Å²) in [6.07, 6.45) is 3.26. The number of amides is 2. The summed E-state index contributed by atoms with van der Waals surface area (Å²) < 4.78 is 28.2. The first-order chi connectivity index (χ1) is 12.8. The second kappa shape index (κ2) is 6.71. The number of piperidine rings is 1. The van der Waals surface area contributed by atoms with Crippen molar-refractivity contribution in [1.29, 1.82) is 0 Å². The molecule has 27 heavy (non-hydrogen) atoms. The van der Waals surface area contributed by atoms with E-state index in [0.717, 1.165) is 18.4 Å². The summed E-state index contributed by atoms with van der Waals surface area (Å²) in [6.45, 7) is 4.16. The molecule has 3 aliphatic rings. The van der Waals surface area contributed by atoms with Crippen molar-refractivity contribution < 1.29 is 18.0 Å². The minimum atomic E-state index is -3.57. The van der Waals surface area contributed by atoms with Crippen molar-refractivity contribution >= 4 is 21.8 Å². The number of nitrogens with zero attached hydrogens (tertiary/aromatic N) is 2. The predicted molar refractivity (Wildman–Crippen MR) is 100 cm³/mol. The van der Waals surface area contributed by atoms with Gasteiger partial charge in [0.1, 0.15) is 0 Å². The predicted octanol–water partition coefficient (Wildman–Crippen LogP) is 2.64. The Kier molecular flexibility index (Phi) is 4.63. The molecule has 1 aromatic carbocycles. The second-order valence-corrected chi connectivity index (χ2v) is 10.1. The third-order valence-electron chi connectivity index (χ3n) is 6.22. The first-order valence-electron chi connectivity index (χ1n) is 9.77. The monoisotopic (exact) mass is 390 g/mol. The highest BCUT2D eigenvalue weighted by Crippen LogP contribution is 2.42. The van der Waals surface area contributed by atoms with Crippen LogP contribution in [-0.4, -0.2) is 47.6 Å². The van der Waals surface area contributed by atoms with Gasteiger partial charge >= 0.3 is 0 Å². The van der Waals surface area contributed by atoms with Crippen LogP contribution in [0.4, 0.5) is 0 Å². The minimum absolute atomic E-state index is 0.106. The Hall–Kier alpha value is -1.73. The van der Waals surface area contributed by atoms with Gasteiger partial charge in [0.15, 0.2) is 0 Å². The van der Waals surface area contributed by atoms with E-state index in [4.69, 9.17) is 0 Å². The Balaban J connectivity index is 1.57. The van der Waals surface area contributed by atoms with Crippen LogP contribution in [0, 0.1) is 0 Å². The van der Waals surface area contributed by atoms with Crippen LogP contribution in [0.3, 0.4) is 0 Å². The van der Waals surface area contributed by atoms with Crippen LogP contribution in [0.1, 0.15) is 63.9 Å². The molecule has 0 radical (unpaired) electrons. The molecule has 2 bridgehead atoms. The van der Waals surface area contributed by atoms with E-state index in [1.807, 2.05) is 12.1 Å². The number of likely N-dealkylation sites (tertiary alicyclic amines) is 1. The summed E-state index contributed by atoms with van der Waals surface area (Å²) in [4.78, 5) is 25.9. The Morgan fingerprint density at radius 2 is 1.41 bits per heavy atom. The van der Waals surface area contributed by atoms with Gasteiger partial charge in [-0.1, -0.05) is 26.0 Å². The summed E-state index contributed by atoms with van der Waals surface area (Å²) in [5, 5.41) is 0. The molecule has 3 fully saturated rings. The molecule has 3 saturated heterocycles. The normalized spacial score (nSPS) is 29.1. The van der Waals surface area contributed by atoms with Crippen LogP contribution in [0.2, 0.25) is 0 Å². The maximum Gasteiger partial charge on any atom is 0.243 e. The van der Waals surface area contributed by atoms with Gasteiger partial charge in [-0.25, -0.2) is 8.42 Å². The van der Waals surface area contributed by atoms with Crippen LogP contribution >= 0.6 is 0 Å². The number of carbonyl (C=O) groups excluding carboxylic acids is 2. The summed E-state index contributed by atoms with van der Waals surface area (Å²) in [5.74, 6) is 0.138. The van der Waals surface area contributed by atoms with Crippen molar-refractivity contribution in [3.63, 3.8) is 0 Å². The fourth-order valence-electron chi connectivity index (χ4n) is 4.86. The molecule has 1 aromatic rings. The van der Waals surface area contributed by atoms with Crippen LogP contribution in [0.25, 0.3) is 0 Å². The topological polar surface area (TPSA) is 74.8 Å². The number of hydrogen-bond donors (Lipinski definition) is 0. The average Bonchev–Trinajstić information content (AvgIpc) is 3.11. The SMILES string of the molecule is CC(C)c1ccc(S(=O)(=O)N2C3CCC2CC(N2C(=O)CCC2=O)C3)cc1. The van der Waals surface area contributed by atoms with Crippen molar-refractivity contribution in [3.05, 3.63) is 29.8 Å². The van der Waals surface area contributed by atoms with Gasteiger partial charge in [0.05, 0.1) is 4.90 Å². The summed E-state index contributed by atoms with van der Waals surface area (Å²) in [6, 6.07) is 6.74. The molecule has 2 amide bonds. The number of hydrogen-bond acceptors (Lipinski definition) is 4. The molecule has 4 rings (SSSR count). The van der Waals surface area contributed by atoms with Crippen molar-refractivity contribution in [2.45, 2.75) is 81.3 Å². The lowest BCUT2D eigenvalue weighted by Gasteiger charge is -2.40. The van der Waals surface area contributed by atoms with E-state index < -0.39 is 10.0 Å². The average molecular weight is 391 g/mol. The Bertz CT molecular complexity index is 832. The first kappa shape index (κ1) is 18.6.